The number of rotatable bonds is 1. The molecule has 0 spiro atoms. The molecule has 0 fully saturated rings. The first-order valence-corrected chi connectivity index (χ1v) is 4.75. The third-order valence-corrected chi connectivity index (χ3v) is 2.32. The lowest BCUT2D eigenvalue weighted by atomic mass is 10.2. The monoisotopic (exact) mass is 249 g/mol. The fourth-order valence-corrected chi connectivity index (χ4v) is 1.66. The van der Waals surface area contributed by atoms with Gasteiger partial charge in [0.05, 0.1) is 17.6 Å². The predicted octanol–water partition coefficient (Wildman–Crippen LogP) is 2.69. The number of H-pyrrole nitrogens is 1. The Morgan fingerprint density at radius 3 is 2.62 bits per heavy atom. The number of hydrogen-bond donors (Lipinski definition) is 2. The minimum atomic E-state index is -4.48. The van der Waals surface area contributed by atoms with Gasteiger partial charge in [-0.2, -0.15) is 13.2 Å². The largest absolute Gasteiger partial charge is 0.418 e. The second-order valence-electron chi connectivity index (χ2n) is 3.23. The summed E-state index contributed by atoms with van der Waals surface area (Å²) in [5.41, 5.74) is 4.53. The SMILES string of the molecule is NCc1nc2c(C(F)(F)F)cc(Cl)cc2[nH]1. The van der Waals surface area contributed by atoms with Gasteiger partial charge in [0.2, 0.25) is 0 Å². The minimum absolute atomic E-state index is 0.00652. The Morgan fingerprint density at radius 2 is 2.06 bits per heavy atom. The van der Waals surface area contributed by atoms with Crippen LogP contribution in [0.1, 0.15) is 11.4 Å². The van der Waals surface area contributed by atoms with Gasteiger partial charge in [0.1, 0.15) is 11.3 Å². The van der Waals surface area contributed by atoms with E-state index in [-0.39, 0.29) is 22.6 Å². The summed E-state index contributed by atoms with van der Waals surface area (Å²) in [7, 11) is 0. The molecule has 0 aliphatic rings. The van der Waals surface area contributed by atoms with E-state index in [1.165, 1.54) is 6.07 Å². The first-order chi connectivity index (χ1) is 7.41. The fourth-order valence-electron chi connectivity index (χ4n) is 1.45. The maximum absolute atomic E-state index is 12.7. The molecule has 0 bridgehead atoms. The molecule has 0 amide bonds. The lowest BCUT2D eigenvalue weighted by Gasteiger charge is -2.07. The van der Waals surface area contributed by atoms with E-state index in [4.69, 9.17) is 17.3 Å². The van der Waals surface area contributed by atoms with Crippen LogP contribution in [0.15, 0.2) is 12.1 Å². The van der Waals surface area contributed by atoms with Crippen molar-refractivity contribution in [2.45, 2.75) is 12.7 Å². The van der Waals surface area contributed by atoms with E-state index in [0.29, 0.717) is 5.82 Å². The molecular formula is C9H7ClF3N3. The highest BCUT2D eigenvalue weighted by molar-refractivity contribution is 6.31. The van der Waals surface area contributed by atoms with Crippen molar-refractivity contribution < 1.29 is 13.2 Å². The van der Waals surface area contributed by atoms with Crippen LogP contribution in [0.25, 0.3) is 11.0 Å². The van der Waals surface area contributed by atoms with Gasteiger partial charge < -0.3 is 10.7 Å². The normalized spacial score (nSPS) is 12.3. The summed E-state index contributed by atoms with van der Waals surface area (Å²) >= 11 is 5.60. The summed E-state index contributed by atoms with van der Waals surface area (Å²) in [6, 6.07) is 2.24. The Kier molecular flexibility index (Phi) is 2.55. The highest BCUT2D eigenvalue weighted by Gasteiger charge is 2.34. The van der Waals surface area contributed by atoms with E-state index >= 15 is 0 Å². The topological polar surface area (TPSA) is 54.7 Å². The summed E-state index contributed by atoms with van der Waals surface area (Å²) in [5, 5.41) is 0.00652. The second kappa shape index (κ2) is 3.64. The molecule has 16 heavy (non-hydrogen) atoms. The van der Waals surface area contributed by atoms with Gasteiger partial charge in [0.25, 0.3) is 0 Å². The van der Waals surface area contributed by atoms with Crippen LogP contribution < -0.4 is 5.73 Å². The smallest absolute Gasteiger partial charge is 0.341 e. The molecule has 0 unspecified atom stereocenters. The van der Waals surface area contributed by atoms with Crippen molar-refractivity contribution in [3.63, 3.8) is 0 Å². The van der Waals surface area contributed by atoms with Crippen molar-refractivity contribution in [3.8, 4) is 0 Å². The van der Waals surface area contributed by atoms with E-state index in [1.54, 1.807) is 0 Å². The maximum Gasteiger partial charge on any atom is 0.418 e. The van der Waals surface area contributed by atoms with E-state index in [2.05, 4.69) is 9.97 Å². The Bertz CT molecular complexity index is 533. The van der Waals surface area contributed by atoms with Gasteiger partial charge in [-0.3, -0.25) is 0 Å². The molecular weight excluding hydrogens is 243 g/mol. The van der Waals surface area contributed by atoms with Crippen molar-refractivity contribution in [2.24, 2.45) is 5.73 Å². The van der Waals surface area contributed by atoms with Crippen molar-refractivity contribution in [2.75, 3.05) is 0 Å². The summed E-state index contributed by atoms with van der Waals surface area (Å²) in [5.74, 6) is 0.294. The molecule has 0 saturated heterocycles. The third-order valence-electron chi connectivity index (χ3n) is 2.10. The number of halogens is 4. The minimum Gasteiger partial charge on any atom is -0.341 e. The first kappa shape index (κ1) is 11.2. The van der Waals surface area contributed by atoms with E-state index < -0.39 is 11.7 Å². The van der Waals surface area contributed by atoms with Gasteiger partial charge in [0.15, 0.2) is 0 Å². The zero-order valence-corrected chi connectivity index (χ0v) is 8.65. The van der Waals surface area contributed by atoms with Crippen LogP contribution in [-0.2, 0) is 12.7 Å². The zero-order valence-electron chi connectivity index (χ0n) is 7.90. The average Bonchev–Trinajstić information content (AvgIpc) is 2.57. The number of nitrogens with zero attached hydrogens (tertiary/aromatic N) is 1. The highest BCUT2D eigenvalue weighted by atomic mass is 35.5. The van der Waals surface area contributed by atoms with Gasteiger partial charge in [-0.1, -0.05) is 11.6 Å². The Labute approximate surface area is 93.4 Å². The van der Waals surface area contributed by atoms with E-state index in [9.17, 15) is 13.2 Å². The molecule has 3 nitrogen and oxygen atoms in total. The summed E-state index contributed by atoms with van der Waals surface area (Å²) in [6.07, 6.45) is -4.48. The average molecular weight is 250 g/mol. The number of fused-ring (bicyclic) bond motifs is 1. The highest BCUT2D eigenvalue weighted by Crippen LogP contribution is 2.35. The Morgan fingerprint density at radius 1 is 1.38 bits per heavy atom. The quantitative estimate of drug-likeness (QED) is 0.816. The summed E-state index contributed by atoms with van der Waals surface area (Å²) < 4.78 is 38.0. The zero-order chi connectivity index (χ0) is 11.9. The van der Waals surface area contributed by atoms with Crippen molar-refractivity contribution in [3.05, 3.63) is 28.5 Å². The predicted molar refractivity (Wildman–Crippen MR) is 54.0 cm³/mol. The molecule has 1 aromatic carbocycles. The van der Waals surface area contributed by atoms with Gasteiger partial charge in [-0.05, 0) is 12.1 Å². The Balaban J connectivity index is 2.76. The van der Waals surface area contributed by atoms with E-state index in [0.717, 1.165) is 6.07 Å². The molecule has 0 aliphatic heterocycles. The molecule has 0 aliphatic carbocycles. The number of imidazole rings is 1. The number of aromatic nitrogens is 2. The second-order valence-corrected chi connectivity index (χ2v) is 3.67. The van der Waals surface area contributed by atoms with Crippen molar-refractivity contribution >= 4 is 22.6 Å². The molecule has 3 N–H and O–H groups in total. The van der Waals surface area contributed by atoms with Gasteiger partial charge >= 0.3 is 6.18 Å². The van der Waals surface area contributed by atoms with Crippen LogP contribution in [0.3, 0.4) is 0 Å². The van der Waals surface area contributed by atoms with Crippen LogP contribution in [0.2, 0.25) is 5.02 Å². The van der Waals surface area contributed by atoms with Crippen molar-refractivity contribution in [1.82, 2.24) is 9.97 Å². The number of nitrogens with one attached hydrogen (secondary N) is 1. The fraction of sp³-hybridized carbons (Fsp3) is 0.222. The summed E-state index contributed by atoms with van der Waals surface area (Å²) in [6.45, 7) is 0.0452. The van der Waals surface area contributed by atoms with Gasteiger partial charge in [-0.25, -0.2) is 4.98 Å². The molecule has 7 heteroatoms. The molecule has 0 saturated carbocycles. The molecule has 86 valence electrons. The van der Waals surface area contributed by atoms with Crippen LogP contribution >= 0.6 is 11.6 Å². The molecule has 2 aromatic rings. The number of hydrogen-bond acceptors (Lipinski definition) is 2. The number of alkyl halides is 3. The maximum atomic E-state index is 12.7. The number of aromatic amines is 1. The molecule has 0 radical (unpaired) electrons. The van der Waals surface area contributed by atoms with Crippen LogP contribution in [0.4, 0.5) is 13.2 Å². The number of benzene rings is 1. The molecule has 1 heterocycles. The summed E-state index contributed by atoms with van der Waals surface area (Å²) in [4.78, 5) is 6.46. The Hall–Kier alpha value is -1.27. The van der Waals surface area contributed by atoms with Crippen LogP contribution in [0.5, 0.6) is 0 Å². The lowest BCUT2D eigenvalue weighted by Crippen LogP contribution is -2.06. The van der Waals surface area contributed by atoms with Gasteiger partial charge in [-0.15, -0.1) is 0 Å². The molecule has 2 rings (SSSR count). The van der Waals surface area contributed by atoms with Crippen LogP contribution in [0, 0.1) is 0 Å². The van der Waals surface area contributed by atoms with Crippen molar-refractivity contribution in [1.29, 1.82) is 0 Å². The number of nitrogens with two attached hydrogens (primary N) is 1. The van der Waals surface area contributed by atoms with E-state index in [1.807, 2.05) is 0 Å². The lowest BCUT2D eigenvalue weighted by molar-refractivity contribution is -0.136. The van der Waals surface area contributed by atoms with Gasteiger partial charge in [0, 0.05) is 5.02 Å². The third kappa shape index (κ3) is 1.85. The molecule has 0 atom stereocenters. The molecule has 1 aromatic heterocycles. The standard InChI is InChI=1S/C9H7ClF3N3/c10-4-1-5(9(11,12)13)8-6(2-4)15-7(3-14)16-8/h1-2H,3,14H2,(H,15,16). The first-order valence-electron chi connectivity index (χ1n) is 4.37. The van der Waals surface area contributed by atoms with Crippen LogP contribution in [-0.4, -0.2) is 9.97 Å².